The van der Waals surface area contributed by atoms with Gasteiger partial charge in [-0.3, -0.25) is 4.79 Å². The number of Topliss-reactive ketones (excluding diaryl/α,β-unsaturated/α-hetero) is 1. The van der Waals surface area contributed by atoms with Gasteiger partial charge in [0.15, 0.2) is 5.78 Å². The van der Waals surface area contributed by atoms with Crippen molar-refractivity contribution >= 4 is 5.78 Å². The summed E-state index contributed by atoms with van der Waals surface area (Å²) >= 11 is 0. The van der Waals surface area contributed by atoms with Crippen molar-refractivity contribution in [1.82, 2.24) is 5.32 Å². The first-order valence-corrected chi connectivity index (χ1v) is 5.74. The van der Waals surface area contributed by atoms with E-state index in [9.17, 15) is 9.18 Å². The quantitative estimate of drug-likeness (QED) is 0.795. The summed E-state index contributed by atoms with van der Waals surface area (Å²) in [7, 11) is 0. The van der Waals surface area contributed by atoms with E-state index in [-0.39, 0.29) is 11.3 Å². The maximum Gasteiger partial charge on any atom is 0.185 e. The van der Waals surface area contributed by atoms with E-state index in [1.807, 2.05) is 6.92 Å². The number of carbonyl (C=O) groups excluding carboxylic acids is 1. The molecule has 1 aliphatic heterocycles. The van der Waals surface area contributed by atoms with Gasteiger partial charge in [-0.15, -0.1) is 0 Å². The van der Waals surface area contributed by atoms with Crippen molar-refractivity contribution in [1.29, 1.82) is 0 Å². The molecular formula is C13H16FNO. The fraction of sp³-hybridized carbons (Fsp3) is 0.462. The van der Waals surface area contributed by atoms with Crippen molar-refractivity contribution in [2.75, 3.05) is 6.54 Å². The minimum atomic E-state index is -0.539. The van der Waals surface area contributed by atoms with E-state index in [2.05, 4.69) is 5.32 Å². The van der Waals surface area contributed by atoms with Crippen molar-refractivity contribution in [2.24, 2.45) is 0 Å². The Kier molecular flexibility index (Phi) is 3.06. The van der Waals surface area contributed by atoms with E-state index in [1.54, 1.807) is 18.2 Å². The second-order valence-electron chi connectivity index (χ2n) is 4.27. The van der Waals surface area contributed by atoms with Crippen LogP contribution >= 0.6 is 0 Å². The average Bonchev–Trinajstić information content (AvgIpc) is 2.78. The highest BCUT2D eigenvalue weighted by Crippen LogP contribution is 2.28. The Labute approximate surface area is 94.9 Å². The van der Waals surface area contributed by atoms with Gasteiger partial charge in [0.05, 0.1) is 11.1 Å². The van der Waals surface area contributed by atoms with Crippen LogP contribution in [-0.2, 0) is 0 Å². The lowest BCUT2D eigenvalue weighted by atomic mass is 9.85. The van der Waals surface area contributed by atoms with Crippen molar-refractivity contribution in [3.05, 3.63) is 35.6 Å². The zero-order valence-electron chi connectivity index (χ0n) is 9.42. The molecule has 1 unspecified atom stereocenters. The molecule has 1 heterocycles. The first-order valence-electron chi connectivity index (χ1n) is 5.74. The molecule has 1 atom stereocenters. The number of carbonyl (C=O) groups is 1. The molecule has 16 heavy (non-hydrogen) atoms. The van der Waals surface area contributed by atoms with Crippen molar-refractivity contribution < 1.29 is 9.18 Å². The van der Waals surface area contributed by atoms with Gasteiger partial charge in [0.25, 0.3) is 0 Å². The van der Waals surface area contributed by atoms with E-state index in [0.717, 1.165) is 19.4 Å². The summed E-state index contributed by atoms with van der Waals surface area (Å²) in [5, 5.41) is 3.23. The normalized spacial score (nSPS) is 24.6. The number of ketones is 1. The average molecular weight is 221 g/mol. The lowest BCUT2D eigenvalue weighted by molar-refractivity contribution is 0.0859. The van der Waals surface area contributed by atoms with Crippen molar-refractivity contribution in [3.63, 3.8) is 0 Å². The maximum absolute atomic E-state index is 13.6. The van der Waals surface area contributed by atoms with Gasteiger partial charge < -0.3 is 5.32 Å². The summed E-state index contributed by atoms with van der Waals surface area (Å²) in [6, 6.07) is 6.21. The number of nitrogens with one attached hydrogen (secondary N) is 1. The van der Waals surface area contributed by atoms with Gasteiger partial charge in [-0.05, 0) is 37.9 Å². The topological polar surface area (TPSA) is 29.1 Å². The Morgan fingerprint density at radius 1 is 1.50 bits per heavy atom. The highest BCUT2D eigenvalue weighted by atomic mass is 19.1. The van der Waals surface area contributed by atoms with Crippen LogP contribution in [0.1, 0.15) is 36.5 Å². The zero-order chi connectivity index (χ0) is 11.6. The molecule has 1 saturated heterocycles. The van der Waals surface area contributed by atoms with E-state index in [0.29, 0.717) is 6.42 Å². The number of hydrogen-bond acceptors (Lipinski definition) is 2. The van der Waals surface area contributed by atoms with Gasteiger partial charge in [0.2, 0.25) is 0 Å². The molecule has 0 aliphatic carbocycles. The van der Waals surface area contributed by atoms with Gasteiger partial charge in [0, 0.05) is 0 Å². The first-order chi connectivity index (χ1) is 7.69. The molecule has 0 aromatic heterocycles. The second-order valence-corrected chi connectivity index (χ2v) is 4.27. The Morgan fingerprint density at radius 3 is 2.81 bits per heavy atom. The van der Waals surface area contributed by atoms with Crippen molar-refractivity contribution in [2.45, 2.75) is 31.7 Å². The molecule has 2 nitrogen and oxygen atoms in total. The Hall–Kier alpha value is -1.22. The Morgan fingerprint density at radius 2 is 2.25 bits per heavy atom. The Bertz CT molecular complexity index is 397. The molecule has 0 radical (unpaired) electrons. The molecule has 0 bridgehead atoms. The van der Waals surface area contributed by atoms with Gasteiger partial charge in [0.1, 0.15) is 5.82 Å². The molecular weight excluding hydrogens is 205 g/mol. The third-order valence-corrected chi connectivity index (χ3v) is 3.40. The second kappa shape index (κ2) is 4.34. The predicted octanol–water partition coefficient (Wildman–Crippen LogP) is 2.54. The van der Waals surface area contributed by atoms with Crippen molar-refractivity contribution in [3.8, 4) is 0 Å². The summed E-state index contributed by atoms with van der Waals surface area (Å²) in [6.07, 6.45) is 2.49. The first kappa shape index (κ1) is 11.3. The summed E-state index contributed by atoms with van der Waals surface area (Å²) in [5.41, 5.74) is -0.332. The third kappa shape index (κ3) is 1.76. The van der Waals surface area contributed by atoms with Crippen LogP contribution in [0.3, 0.4) is 0 Å². The number of hydrogen-bond donors (Lipinski definition) is 1. The SMILES string of the molecule is CCC1(C(=O)c2ccccc2F)CCCN1. The van der Waals surface area contributed by atoms with Gasteiger partial charge in [-0.2, -0.15) is 0 Å². The van der Waals surface area contributed by atoms with Gasteiger partial charge >= 0.3 is 0 Å². The molecule has 2 rings (SSSR count). The molecule has 3 heteroatoms. The highest BCUT2D eigenvalue weighted by Gasteiger charge is 2.40. The summed E-state index contributed by atoms with van der Waals surface area (Å²) in [6.45, 7) is 2.81. The van der Waals surface area contributed by atoms with E-state index in [4.69, 9.17) is 0 Å². The van der Waals surface area contributed by atoms with Gasteiger partial charge in [-0.1, -0.05) is 19.1 Å². The van der Waals surface area contributed by atoms with E-state index in [1.165, 1.54) is 6.07 Å². The molecule has 0 amide bonds. The standard InChI is InChI=1S/C13H16FNO/c1-2-13(8-5-9-15-13)12(16)10-6-3-4-7-11(10)14/h3-4,6-7,15H,2,5,8-9H2,1H3. The lowest BCUT2D eigenvalue weighted by Gasteiger charge is -2.26. The Balaban J connectivity index is 2.34. The minimum Gasteiger partial charge on any atom is -0.305 e. The van der Waals surface area contributed by atoms with Crippen LogP contribution in [0.5, 0.6) is 0 Å². The van der Waals surface area contributed by atoms with E-state index < -0.39 is 11.4 Å². The zero-order valence-corrected chi connectivity index (χ0v) is 9.42. The minimum absolute atomic E-state index is 0.106. The predicted molar refractivity (Wildman–Crippen MR) is 61.0 cm³/mol. The summed E-state index contributed by atoms with van der Waals surface area (Å²) in [4.78, 5) is 12.3. The van der Waals surface area contributed by atoms with Gasteiger partial charge in [-0.25, -0.2) is 4.39 Å². The molecule has 1 aromatic rings. The molecule has 0 spiro atoms. The van der Waals surface area contributed by atoms with Crippen LogP contribution in [0.4, 0.5) is 4.39 Å². The lowest BCUT2D eigenvalue weighted by Crippen LogP contribution is -2.47. The van der Waals surface area contributed by atoms with Crippen LogP contribution < -0.4 is 5.32 Å². The molecule has 1 fully saturated rings. The summed E-state index contributed by atoms with van der Waals surface area (Å²) in [5.74, 6) is -0.528. The molecule has 1 aliphatic rings. The summed E-state index contributed by atoms with van der Waals surface area (Å²) < 4.78 is 13.6. The molecule has 1 N–H and O–H groups in total. The fourth-order valence-electron chi connectivity index (χ4n) is 2.37. The largest absolute Gasteiger partial charge is 0.305 e. The van der Waals surface area contributed by atoms with Crippen LogP contribution in [0.25, 0.3) is 0 Å². The van der Waals surface area contributed by atoms with Crippen LogP contribution in [0.15, 0.2) is 24.3 Å². The fourth-order valence-corrected chi connectivity index (χ4v) is 2.37. The van der Waals surface area contributed by atoms with E-state index >= 15 is 0 Å². The van der Waals surface area contributed by atoms with Crippen LogP contribution in [0.2, 0.25) is 0 Å². The van der Waals surface area contributed by atoms with Crippen LogP contribution in [0, 0.1) is 5.82 Å². The number of benzene rings is 1. The molecule has 0 saturated carbocycles. The highest BCUT2D eigenvalue weighted by molar-refractivity contribution is 6.03. The van der Waals surface area contributed by atoms with Crippen LogP contribution in [-0.4, -0.2) is 17.9 Å². The number of halogens is 1. The maximum atomic E-state index is 13.6. The third-order valence-electron chi connectivity index (χ3n) is 3.40. The molecule has 1 aromatic carbocycles. The number of rotatable bonds is 3. The smallest absolute Gasteiger partial charge is 0.185 e. The monoisotopic (exact) mass is 221 g/mol. The molecule has 86 valence electrons.